The van der Waals surface area contributed by atoms with Crippen molar-refractivity contribution in [1.82, 2.24) is 15.5 Å². The van der Waals surface area contributed by atoms with Gasteiger partial charge in [0.25, 0.3) is 5.89 Å². The van der Waals surface area contributed by atoms with Gasteiger partial charge in [-0.15, -0.1) is 0 Å². The van der Waals surface area contributed by atoms with Crippen LogP contribution in [0.2, 0.25) is 5.02 Å². The van der Waals surface area contributed by atoms with Crippen LogP contribution in [0.4, 0.5) is 28.0 Å². The topological polar surface area (TPSA) is 89.3 Å². The number of halogens is 5. The van der Waals surface area contributed by atoms with Gasteiger partial charge in [0.05, 0.1) is 17.8 Å². The van der Waals surface area contributed by atoms with E-state index >= 15 is 0 Å². The van der Waals surface area contributed by atoms with Crippen LogP contribution in [0.15, 0.2) is 47.0 Å². The van der Waals surface area contributed by atoms with E-state index in [2.05, 4.69) is 25.5 Å². The highest BCUT2D eigenvalue weighted by Gasteiger charge is 2.29. The first-order valence-electron chi connectivity index (χ1n) is 8.33. The van der Waals surface area contributed by atoms with Crippen LogP contribution < -0.4 is 15.4 Å². The van der Waals surface area contributed by atoms with E-state index in [1.165, 1.54) is 36.4 Å². The summed E-state index contributed by atoms with van der Waals surface area (Å²) in [5, 5.41) is 8.61. The Bertz CT molecular complexity index is 1040. The first kappa shape index (κ1) is 21.4. The van der Waals surface area contributed by atoms with E-state index < -0.39 is 24.6 Å². The first-order valence-corrected chi connectivity index (χ1v) is 8.70. The van der Waals surface area contributed by atoms with Gasteiger partial charge in [0, 0.05) is 5.02 Å². The van der Waals surface area contributed by atoms with Gasteiger partial charge in [-0.05, 0) is 30.3 Å². The maximum atomic E-state index is 13.9. The van der Waals surface area contributed by atoms with Crippen molar-refractivity contribution in [1.29, 1.82) is 0 Å². The lowest BCUT2D eigenvalue weighted by Gasteiger charge is -2.13. The normalized spacial score (nSPS) is 11.2. The van der Waals surface area contributed by atoms with Crippen LogP contribution in [0.25, 0.3) is 11.5 Å². The van der Waals surface area contributed by atoms with E-state index in [1.54, 1.807) is 0 Å². The molecule has 158 valence electrons. The Morgan fingerprint density at radius 3 is 2.70 bits per heavy atom. The van der Waals surface area contributed by atoms with Gasteiger partial charge in [0.15, 0.2) is 12.4 Å². The van der Waals surface area contributed by atoms with Gasteiger partial charge in [-0.2, -0.15) is 18.2 Å². The highest BCUT2D eigenvalue weighted by atomic mass is 35.5. The summed E-state index contributed by atoms with van der Waals surface area (Å²) in [5.41, 5.74) is 0.0784. The quantitative estimate of drug-likeness (QED) is 0.533. The smallest absolute Gasteiger partial charge is 0.422 e. The fourth-order valence-corrected chi connectivity index (χ4v) is 2.44. The SMILES string of the molecule is O=C(NCc1noc(-c2ccc(Cl)cc2F)n1)Nc1ccccc1OCC(F)(F)F. The van der Waals surface area contributed by atoms with Gasteiger partial charge < -0.3 is 19.9 Å². The summed E-state index contributed by atoms with van der Waals surface area (Å²) >= 11 is 5.69. The Labute approximate surface area is 172 Å². The Kier molecular flexibility index (Phi) is 6.40. The molecule has 0 saturated carbocycles. The van der Waals surface area contributed by atoms with Gasteiger partial charge in [-0.1, -0.05) is 28.9 Å². The molecule has 2 N–H and O–H groups in total. The average Bonchev–Trinajstić information content (AvgIpc) is 3.14. The number of alkyl halides is 3. The molecule has 0 bridgehead atoms. The molecule has 0 aliphatic rings. The van der Waals surface area contributed by atoms with Crippen LogP contribution in [0.5, 0.6) is 5.75 Å². The molecule has 0 radical (unpaired) electrons. The van der Waals surface area contributed by atoms with Crippen molar-refractivity contribution in [2.45, 2.75) is 12.7 Å². The number of hydrogen-bond acceptors (Lipinski definition) is 5. The third-order valence-corrected chi connectivity index (χ3v) is 3.80. The number of para-hydroxylation sites is 2. The fourth-order valence-electron chi connectivity index (χ4n) is 2.28. The van der Waals surface area contributed by atoms with Crippen molar-refractivity contribution in [3.8, 4) is 17.2 Å². The number of carbonyl (C=O) groups is 1. The van der Waals surface area contributed by atoms with Crippen LogP contribution in [-0.4, -0.2) is 29.0 Å². The maximum Gasteiger partial charge on any atom is 0.422 e. The Morgan fingerprint density at radius 2 is 1.97 bits per heavy atom. The number of anilines is 1. The molecule has 0 aliphatic carbocycles. The van der Waals surface area contributed by atoms with E-state index in [0.29, 0.717) is 0 Å². The van der Waals surface area contributed by atoms with E-state index in [-0.39, 0.29) is 40.3 Å². The number of rotatable bonds is 6. The lowest BCUT2D eigenvalue weighted by atomic mass is 10.2. The Balaban J connectivity index is 1.59. The van der Waals surface area contributed by atoms with Crippen LogP contribution in [0, 0.1) is 5.82 Å². The minimum absolute atomic E-state index is 0.0382. The predicted octanol–water partition coefficient (Wildman–Crippen LogP) is 4.79. The summed E-state index contributed by atoms with van der Waals surface area (Å²) in [5.74, 6) is -0.854. The number of carbonyl (C=O) groups excluding carboxylic acids is 1. The van der Waals surface area contributed by atoms with Crippen molar-refractivity contribution in [2.75, 3.05) is 11.9 Å². The van der Waals surface area contributed by atoms with E-state index in [4.69, 9.17) is 16.1 Å². The zero-order chi connectivity index (χ0) is 21.7. The zero-order valence-electron chi connectivity index (χ0n) is 15.0. The summed E-state index contributed by atoms with van der Waals surface area (Å²) < 4.78 is 60.6. The molecule has 2 amide bonds. The van der Waals surface area contributed by atoms with Gasteiger partial charge >= 0.3 is 12.2 Å². The molecule has 1 aromatic heterocycles. The van der Waals surface area contributed by atoms with Crippen molar-refractivity contribution < 1.29 is 31.6 Å². The summed E-state index contributed by atoms with van der Waals surface area (Å²) in [6, 6.07) is 8.80. The minimum atomic E-state index is -4.52. The molecule has 0 spiro atoms. The van der Waals surface area contributed by atoms with Gasteiger partial charge in [0.1, 0.15) is 11.6 Å². The first-order chi connectivity index (χ1) is 14.2. The molecule has 2 aromatic carbocycles. The zero-order valence-corrected chi connectivity index (χ0v) is 15.7. The Morgan fingerprint density at radius 1 is 1.20 bits per heavy atom. The molecule has 0 saturated heterocycles. The summed E-state index contributed by atoms with van der Waals surface area (Å²) in [7, 11) is 0. The molecular weight excluding hydrogens is 432 g/mol. The van der Waals surface area contributed by atoms with Crippen LogP contribution in [-0.2, 0) is 6.54 Å². The number of hydrogen-bond donors (Lipinski definition) is 2. The van der Waals surface area contributed by atoms with Crippen LogP contribution in [0.1, 0.15) is 5.82 Å². The predicted molar refractivity (Wildman–Crippen MR) is 98.6 cm³/mol. The largest absolute Gasteiger partial charge is 0.482 e. The molecule has 3 aromatic rings. The molecule has 30 heavy (non-hydrogen) atoms. The second-order valence-electron chi connectivity index (χ2n) is 5.85. The molecule has 0 aliphatic heterocycles. The monoisotopic (exact) mass is 444 g/mol. The minimum Gasteiger partial charge on any atom is -0.482 e. The molecule has 7 nitrogen and oxygen atoms in total. The Hall–Kier alpha value is -3.34. The lowest BCUT2D eigenvalue weighted by Crippen LogP contribution is -2.29. The second-order valence-corrected chi connectivity index (χ2v) is 6.28. The van der Waals surface area contributed by atoms with E-state index in [0.717, 1.165) is 6.07 Å². The number of aromatic nitrogens is 2. The second kappa shape index (κ2) is 8.99. The number of nitrogens with zero attached hydrogens (tertiary/aromatic N) is 2. The van der Waals surface area contributed by atoms with Crippen molar-refractivity contribution >= 4 is 23.3 Å². The summed E-state index contributed by atoms with van der Waals surface area (Å²) in [4.78, 5) is 16.0. The van der Waals surface area contributed by atoms with Crippen molar-refractivity contribution in [2.24, 2.45) is 0 Å². The van der Waals surface area contributed by atoms with Crippen molar-refractivity contribution in [3.05, 3.63) is 59.1 Å². The fraction of sp³-hybridized carbons (Fsp3) is 0.167. The number of ether oxygens (including phenoxy) is 1. The third kappa shape index (κ3) is 5.83. The molecule has 0 fully saturated rings. The average molecular weight is 445 g/mol. The molecule has 12 heteroatoms. The molecular formula is C18H13ClF4N4O3. The van der Waals surface area contributed by atoms with Gasteiger partial charge in [-0.25, -0.2) is 9.18 Å². The molecule has 3 rings (SSSR count). The van der Waals surface area contributed by atoms with Crippen LogP contribution in [0.3, 0.4) is 0 Å². The van der Waals surface area contributed by atoms with E-state index in [1.807, 2.05) is 0 Å². The highest BCUT2D eigenvalue weighted by molar-refractivity contribution is 6.30. The lowest BCUT2D eigenvalue weighted by molar-refractivity contribution is -0.153. The van der Waals surface area contributed by atoms with Gasteiger partial charge in [-0.3, -0.25) is 0 Å². The maximum absolute atomic E-state index is 13.9. The number of amides is 2. The number of benzene rings is 2. The summed E-state index contributed by atoms with van der Waals surface area (Å²) in [6.45, 7) is -1.68. The van der Waals surface area contributed by atoms with Crippen molar-refractivity contribution in [3.63, 3.8) is 0 Å². The highest BCUT2D eigenvalue weighted by Crippen LogP contribution is 2.26. The number of nitrogens with one attached hydrogen (secondary N) is 2. The number of urea groups is 1. The third-order valence-electron chi connectivity index (χ3n) is 3.56. The molecule has 0 unspecified atom stereocenters. The molecule has 0 atom stereocenters. The van der Waals surface area contributed by atoms with Crippen LogP contribution >= 0.6 is 11.6 Å². The van der Waals surface area contributed by atoms with Gasteiger partial charge in [0.2, 0.25) is 0 Å². The summed E-state index contributed by atoms with van der Waals surface area (Å²) in [6.07, 6.45) is -4.52. The molecule has 1 heterocycles. The van der Waals surface area contributed by atoms with E-state index in [9.17, 15) is 22.4 Å². The standard InChI is InChI=1S/C18H13ClF4N4O3/c19-10-5-6-11(12(20)7-10)16-26-15(27-30-16)8-24-17(28)25-13-3-1-2-4-14(13)29-9-18(21,22)23/h1-7H,8-9H2,(H2,24,25,28).